The first-order valence-corrected chi connectivity index (χ1v) is 8.66. The van der Waals surface area contributed by atoms with Crippen molar-refractivity contribution in [2.75, 3.05) is 20.1 Å². The zero-order valence-electron chi connectivity index (χ0n) is 13.8. The summed E-state index contributed by atoms with van der Waals surface area (Å²) in [6, 6.07) is 1.50. The molecule has 0 spiro atoms. The normalized spacial score (nSPS) is 27.9. The maximum absolute atomic E-state index is 3.80. The minimum Gasteiger partial charge on any atom is -0.312 e. The Morgan fingerprint density at radius 1 is 1.05 bits per heavy atom. The number of likely N-dealkylation sites (N-methyl/N-ethyl adjacent to an activating group) is 1. The lowest BCUT2D eigenvalue weighted by Crippen LogP contribution is -2.52. The molecule has 0 aromatic carbocycles. The van der Waals surface area contributed by atoms with E-state index in [4.69, 9.17) is 0 Å². The lowest BCUT2D eigenvalue weighted by molar-refractivity contribution is 0.114. The molecule has 2 nitrogen and oxygen atoms in total. The molecule has 1 rings (SSSR count). The molecule has 0 aromatic heterocycles. The number of rotatable bonds is 9. The van der Waals surface area contributed by atoms with Crippen molar-refractivity contribution in [2.24, 2.45) is 5.92 Å². The fourth-order valence-electron chi connectivity index (χ4n) is 3.53. The zero-order valence-corrected chi connectivity index (χ0v) is 13.8. The molecule has 1 N–H and O–H groups in total. The van der Waals surface area contributed by atoms with E-state index >= 15 is 0 Å². The Labute approximate surface area is 121 Å². The van der Waals surface area contributed by atoms with E-state index in [-0.39, 0.29) is 0 Å². The maximum Gasteiger partial charge on any atom is 0.0248 e. The average molecular weight is 268 g/mol. The highest BCUT2D eigenvalue weighted by molar-refractivity contribution is 4.90. The van der Waals surface area contributed by atoms with Crippen LogP contribution in [-0.4, -0.2) is 37.1 Å². The van der Waals surface area contributed by atoms with E-state index in [1.807, 2.05) is 0 Å². The quantitative estimate of drug-likeness (QED) is 0.678. The third-order valence-corrected chi connectivity index (χ3v) is 4.71. The summed E-state index contributed by atoms with van der Waals surface area (Å²) in [6.45, 7) is 9.34. The summed E-state index contributed by atoms with van der Waals surface area (Å²) in [5.41, 5.74) is 0. The van der Waals surface area contributed by atoms with Gasteiger partial charge in [-0.1, -0.05) is 40.0 Å². The van der Waals surface area contributed by atoms with Gasteiger partial charge in [0.25, 0.3) is 0 Å². The summed E-state index contributed by atoms with van der Waals surface area (Å²) in [7, 11) is 2.34. The van der Waals surface area contributed by atoms with Crippen LogP contribution >= 0.6 is 0 Å². The molecule has 1 aliphatic carbocycles. The molecule has 19 heavy (non-hydrogen) atoms. The summed E-state index contributed by atoms with van der Waals surface area (Å²) >= 11 is 0. The van der Waals surface area contributed by atoms with Gasteiger partial charge in [0.15, 0.2) is 0 Å². The zero-order chi connectivity index (χ0) is 14.1. The van der Waals surface area contributed by atoms with Crippen LogP contribution in [0, 0.1) is 5.92 Å². The summed E-state index contributed by atoms with van der Waals surface area (Å²) in [6.07, 6.45) is 10.9. The molecule has 2 heteroatoms. The Kier molecular flexibility index (Phi) is 8.72. The number of hydrogen-bond acceptors (Lipinski definition) is 2. The molecule has 1 aliphatic rings. The molecule has 3 unspecified atom stereocenters. The first-order chi connectivity index (χ1) is 9.22. The molecular formula is C17H36N2. The Morgan fingerprint density at radius 2 is 1.84 bits per heavy atom. The first kappa shape index (κ1) is 17.0. The Morgan fingerprint density at radius 3 is 2.47 bits per heavy atom. The second-order valence-corrected chi connectivity index (χ2v) is 6.43. The van der Waals surface area contributed by atoms with Gasteiger partial charge in [0.05, 0.1) is 0 Å². The van der Waals surface area contributed by atoms with Gasteiger partial charge in [-0.05, 0) is 58.2 Å². The minimum atomic E-state index is 0.731. The maximum atomic E-state index is 3.80. The van der Waals surface area contributed by atoms with Crippen molar-refractivity contribution in [3.05, 3.63) is 0 Å². The highest BCUT2D eigenvalue weighted by Gasteiger charge is 2.31. The standard InChI is InChI=1S/C17H36N2/c1-5-8-13-19(4)17-14-15(9-6-2)10-11-16(17)18-12-7-3/h15-18H,5-14H2,1-4H3. The molecule has 0 radical (unpaired) electrons. The van der Waals surface area contributed by atoms with Crippen molar-refractivity contribution in [3.8, 4) is 0 Å². The smallest absolute Gasteiger partial charge is 0.0248 e. The van der Waals surface area contributed by atoms with Gasteiger partial charge in [0.1, 0.15) is 0 Å². The van der Waals surface area contributed by atoms with Crippen LogP contribution in [0.4, 0.5) is 0 Å². The summed E-state index contributed by atoms with van der Waals surface area (Å²) in [4.78, 5) is 2.64. The van der Waals surface area contributed by atoms with Crippen LogP contribution in [0.3, 0.4) is 0 Å². The van der Waals surface area contributed by atoms with E-state index in [9.17, 15) is 0 Å². The van der Waals surface area contributed by atoms with Crippen LogP contribution in [0.25, 0.3) is 0 Å². The molecule has 0 saturated heterocycles. The van der Waals surface area contributed by atoms with Crippen molar-refractivity contribution in [1.29, 1.82) is 0 Å². The third-order valence-electron chi connectivity index (χ3n) is 4.71. The van der Waals surface area contributed by atoms with Gasteiger partial charge in [0.2, 0.25) is 0 Å². The lowest BCUT2D eigenvalue weighted by atomic mass is 9.79. The predicted molar refractivity (Wildman–Crippen MR) is 85.7 cm³/mol. The van der Waals surface area contributed by atoms with Crippen molar-refractivity contribution >= 4 is 0 Å². The topological polar surface area (TPSA) is 15.3 Å². The Bertz CT molecular complexity index is 217. The van der Waals surface area contributed by atoms with Gasteiger partial charge < -0.3 is 10.2 Å². The monoisotopic (exact) mass is 268 g/mol. The molecule has 0 aliphatic heterocycles. The van der Waals surface area contributed by atoms with Gasteiger partial charge in [0, 0.05) is 12.1 Å². The highest BCUT2D eigenvalue weighted by Crippen LogP contribution is 2.30. The first-order valence-electron chi connectivity index (χ1n) is 8.66. The lowest BCUT2D eigenvalue weighted by Gasteiger charge is -2.42. The largest absolute Gasteiger partial charge is 0.312 e. The molecule has 3 atom stereocenters. The SMILES string of the molecule is CCCCN(C)C1CC(CCC)CCC1NCCC. The van der Waals surface area contributed by atoms with Crippen LogP contribution < -0.4 is 5.32 Å². The molecule has 114 valence electrons. The number of hydrogen-bond donors (Lipinski definition) is 1. The summed E-state index contributed by atoms with van der Waals surface area (Å²) in [5, 5.41) is 3.80. The van der Waals surface area contributed by atoms with Gasteiger partial charge in [-0.3, -0.25) is 0 Å². The number of nitrogens with one attached hydrogen (secondary N) is 1. The van der Waals surface area contributed by atoms with Gasteiger partial charge >= 0.3 is 0 Å². The summed E-state index contributed by atoms with van der Waals surface area (Å²) < 4.78 is 0. The van der Waals surface area contributed by atoms with Crippen LogP contribution in [-0.2, 0) is 0 Å². The molecule has 0 aromatic rings. The molecular weight excluding hydrogens is 232 g/mol. The van der Waals surface area contributed by atoms with Crippen LogP contribution in [0.15, 0.2) is 0 Å². The fourth-order valence-corrected chi connectivity index (χ4v) is 3.53. The van der Waals surface area contributed by atoms with Gasteiger partial charge in [-0.25, -0.2) is 0 Å². The summed E-state index contributed by atoms with van der Waals surface area (Å²) in [5.74, 6) is 0.971. The van der Waals surface area contributed by atoms with Gasteiger partial charge in [-0.2, -0.15) is 0 Å². The fraction of sp³-hybridized carbons (Fsp3) is 1.00. The molecule has 0 amide bonds. The van der Waals surface area contributed by atoms with E-state index in [2.05, 4.69) is 38.0 Å². The average Bonchev–Trinajstić information content (AvgIpc) is 2.43. The van der Waals surface area contributed by atoms with E-state index < -0.39 is 0 Å². The van der Waals surface area contributed by atoms with E-state index in [1.54, 1.807) is 0 Å². The second-order valence-electron chi connectivity index (χ2n) is 6.43. The van der Waals surface area contributed by atoms with Crippen LogP contribution in [0.2, 0.25) is 0 Å². The van der Waals surface area contributed by atoms with Gasteiger partial charge in [-0.15, -0.1) is 0 Å². The molecule has 1 saturated carbocycles. The Hall–Kier alpha value is -0.0800. The third kappa shape index (κ3) is 5.83. The number of nitrogens with zero attached hydrogens (tertiary/aromatic N) is 1. The minimum absolute atomic E-state index is 0.731. The second kappa shape index (κ2) is 9.77. The Balaban J connectivity index is 2.53. The van der Waals surface area contributed by atoms with Crippen molar-refractivity contribution in [3.63, 3.8) is 0 Å². The van der Waals surface area contributed by atoms with Crippen LogP contribution in [0.1, 0.15) is 72.1 Å². The van der Waals surface area contributed by atoms with Crippen molar-refractivity contribution in [2.45, 2.75) is 84.2 Å². The molecule has 0 bridgehead atoms. The van der Waals surface area contributed by atoms with Crippen molar-refractivity contribution < 1.29 is 0 Å². The van der Waals surface area contributed by atoms with Crippen molar-refractivity contribution in [1.82, 2.24) is 10.2 Å². The van der Waals surface area contributed by atoms with Crippen LogP contribution in [0.5, 0.6) is 0 Å². The molecule has 1 fully saturated rings. The van der Waals surface area contributed by atoms with E-state index in [0.29, 0.717) is 0 Å². The number of unbranched alkanes of at least 4 members (excludes halogenated alkanes) is 1. The predicted octanol–water partition coefficient (Wildman–Crippen LogP) is 4.06. The van der Waals surface area contributed by atoms with E-state index in [1.165, 1.54) is 64.5 Å². The molecule has 0 heterocycles. The highest BCUT2D eigenvalue weighted by atomic mass is 15.2. The van der Waals surface area contributed by atoms with E-state index in [0.717, 1.165) is 18.0 Å².